The molecule has 2 heterocycles. The first-order chi connectivity index (χ1) is 9.15. The molecule has 1 amide bonds. The second kappa shape index (κ2) is 5.19. The maximum Gasteiger partial charge on any atom is 0.410 e. The van der Waals surface area contributed by atoms with Gasteiger partial charge >= 0.3 is 6.09 Å². The summed E-state index contributed by atoms with van der Waals surface area (Å²) in [5, 5.41) is 0. The lowest BCUT2D eigenvalue weighted by molar-refractivity contribution is -0.0241. The quantitative estimate of drug-likeness (QED) is 0.742. The largest absolute Gasteiger partial charge is 0.444 e. The van der Waals surface area contributed by atoms with Crippen molar-refractivity contribution in [1.29, 1.82) is 0 Å². The average molecular weight is 285 g/mol. The van der Waals surface area contributed by atoms with Crippen molar-refractivity contribution >= 4 is 6.09 Å². The predicted molar refractivity (Wildman–Crippen MR) is 75.7 cm³/mol. The van der Waals surface area contributed by atoms with Crippen LogP contribution in [-0.4, -0.2) is 54.6 Å². The Bertz CT molecular complexity index is 379. The third-order valence-corrected chi connectivity index (χ3v) is 4.50. The van der Waals surface area contributed by atoms with E-state index < -0.39 is 5.60 Å². The number of ether oxygens (including phenoxy) is 3. The summed E-state index contributed by atoms with van der Waals surface area (Å²) < 4.78 is 17.1. The summed E-state index contributed by atoms with van der Waals surface area (Å²) in [6, 6.07) is 0.0567. The fourth-order valence-corrected chi connectivity index (χ4v) is 2.90. The molecule has 2 aliphatic rings. The summed E-state index contributed by atoms with van der Waals surface area (Å²) in [5.74, 6) is 0.347. The molecule has 2 saturated heterocycles. The normalized spacial score (nSPS) is 37.4. The van der Waals surface area contributed by atoms with Crippen LogP contribution in [0.1, 0.15) is 41.0 Å². The van der Waals surface area contributed by atoms with Gasteiger partial charge in [0.25, 0.3) is 0 Å². The van der Waals surface area contributed by atoms with Gasteiger partial charge in [0.05, 0.1) is 31.0 Å². The van der Waals surface area contributed by atoms with Crippen LogP contribution in [0.2, 0.25) is 0 Å². The number of hydrogen-bond donors (Lipinski definition) is 0. The SMILES string of the molecule is CC1OCC2(CC(N(C)C(=O)OC(C)(C)C)CO2)C1C. The minimum Gasteiger partial charge on any atom is -0.444 e. The van der Waals surface area contributed by atoms with Crippen molar-refractivity contribution in [3.8, 4) is 0 Å². The van der Waals surface area contributed by atoms with E-state index in [-0.39, 0.29) is 23.8 Å². The van der Waals surface area contributed by atoms with Crippen molar-refractivity contribution in [2.45, 2.75) is 64.4 Å². The van der Waals surface area contributed by atoms with E-state index in [9.17, 15) is 4.79 Å². The molecular formula is C15H27NO4. The minimum absolute atomic E-state index is 0.0567. The van der Waals surface area contributed by atoms with Crippen LogP contribution in [0.15, 0.2) is 0 Å². The van der Waals surface area contributed by atoms with Gasteiger partial charge in [-0.05, 0) is 27.7 Å². The molecule has 116 valence electrons. The van der Waals surface area contributed by atoms with Gasteiger partial charge in [-0.3, -0.25) is 0 Å². The van der Waals surface area contributed by atoms with Gasteiger partial charge in [-0.1, -0.05) is 6.92 Å². The number of hydrogen-bond acceptors (Lipinski definition) is 4. The Morgan fingerprint density at radius 1 is 1.35 bits per heavy atom. The van der Waals surface area contributed by atoms with Crippen LogP contribution in [0.25, 0.3) is 0 Å². The third-order valence-electron chi connectivity index (χ3n) is 4.50. The molecule has 2 fully saturated rings. The lowest BCUT2D eigenvalue weighted by Gasteiger charge is -2.30. The van der Waals surface area contributed by atoms with Gasteiger partial charge in [-0.25, -0.2) is 4.79 Å². The van der Waals surface area contributed by atoms with Crippen molar-refractivity contribution in [2.75, 3.05) is 20.3 Å². The Kier molecular flexibility index (Phi) is 4.04. The summed E-state index contributed by atoms with van der Waals surface area (Å²) >= 11 is 0. The molecule has 0 aromatic rings. The molecule has 4 atom stereocenters. The molecule has 0 bridgehead atoms. The van der Waals surface area contributed by atoms with Crippen molar-refractivity contribution in [3.05, 3.63) is 0 Å². The van der Waals surface area contributed by atoms with Gasteiger partial charge in [0.1, 0.15) is 5.60 Å². The Morgan fingerprint density at radius 2 is 2.00 bits per heavy atom. The molecule has 0 N–H and O–H groups in total. The zero-order chi connectivity index (χ0) is 15.1. The van der Waals surface area contributed by atoms with Crippen molar-refractivity contribution in [2.24, 2.45) is 5.92 Å². The Morgan fingerprint density at radius 3 is 2.50 bits per heavy atom. The second-order valence-electron chi connectivity index (χ2n) is 7.13. The smallest absolute Gasteiger partial charge is 0.410 e. The highest BCUT2D eigenvalue weighted by molar-refractivity contribution is 5.68. The number of likely N-dealkylation sites (N-methyl/N-ethyl adjacent to an activating group) is 1. The van der Waals surface area contributed by atoms with Gasteiger partial charge in [-0.2, -0.15) is 0 Å². The number of nitrogens with zero attached hydrogens (tertiary/aromatic N) is 1. The van der Waals surface area contributed by atoms with Crippen molar-refractivity contribution in [3.63, 3.8) is 0 Å². The summed E-state index contributed by atoms with van der Waals surface area (Å²) in [7, 11) is 1.78. The van der Waals surface area contributed by atoms with Crippen LogP contribution in [0.3, 0.4) is 0 Å². The van der Waals surface area contributed by atoms with Crippen LogP contribution in [-0.2, 0) is 14.2 Å². The minimum atomic E-state index is -0.471. The zero-order valence-electron chi connectivity index (χ0n) is 13.4. The van der Waals surface area contributed by atoms with Gasteiger partial charge in [0.15, 0.2) is 0 Å². The van der Waals surface area contributed by atoms with Gasteiger partial charge in [0.2, 0.25) is 0 Å². The van der Waals surface area contributed by atoms with Gasteiger partial charge < -0.3 is 19.1 Å². The van der Waals surface area contributed by atoms with E-state index in [0.717, 1.165) is 6.42 Å². The summed E-state index contributed by atoms with van der Waals surface area (Å²) in [6.45, 7) is 11.0. The topological polar surface area (TPSA) is 48.0 Å². The Labute approximate surface area is 121 Å². The fourth-order valence-electron chi connectivity index (χ4n) is 2.90. The van der Waals surface area contributed by atoms with E-state index in [1.807, 2.05) is 20.8 Å². The summed E-state index contributed by atoms with van der Waals surface area (Å²) in [4.78, 5) is 13.8. The highest BCUT2D eigenvalue weighted by atomic mass is 16.6. The summed E-state index contributed by atoms with van der Waals surface area (Å²) in [6.07, 6.45) is 0.734. The molecule has 0 radical (unpaired) electrons. The molecule has 2 rings (SSSR count). The van der Waals surface area contributed by atoms with E-state index in [1.165, 1.54) is 0 Å². The summed E-state index contributed by atoms with van der Waals surface area (Å²) in [5.41, 5.74) is -0.707. The molecule has 5 nitrogen and oxygen atoms in total. The molecule has 0 aliphatic carbocycles. The van der Waals surface area contributed by atoms with Crippen LogP contribution in [0.4, 0.5) is 4.79 Å². The highest BCUT2D eigenvalue weighted by Gasteiger charge is 2.52. The van der Waals surface area contributed by atoms with E-state index in [1.54, 1.807) is 11.9 Å². The lowest BCUT2D eigenvalue weighted by atomic mass is 9.85. The highest BCUT2D eigenvalue weighted by Crippen LogP contribution is 2.42. The first-order valence-electron chi connectivity index (χ1n) is 7.36. The van der Waals surface area contributed by atoms with Gasteiger partial charge in [0, 0.05) is 19.4 Å². The Balaban J connectivity index is 1.97. The number of carbonyl (C=O) groups excluding carboxylic acids is 1. The number of carbonyl (C=O) groups is 1. The molecule has 5 heteroatoms. The van der Waals surface area contributed by atoms with Gasteiger partial charge in [-0.15, -0.1) is 0 Å². The molecule has 2 aliphatic heterocycles. The van der Waals surface area contributed by atoms with E-state index >= 15 is 0 Å². The van der Waals surface area contributed by atoms with Crippen molar-refractivity contribution < 1.29 is 19.0 Å². The van der Waals surface area contributed by atoms with E-state index in [0.29, 0.717) is 19.1 Å². The van der Waals surface area contributed by atoms with Crippen molar-refractivity contribution in [1.82, 2.24) is 4.90 Å². The van der Waals surface area contributed by atoms with Crippen LogP contribution in [0, 0.1) is 5.92 Å². The van der Waals surface area contributed by atoms with Crippen LogP contribution >= 0.6 is 0 Å². The molecule has 20 heavy (non-hydrogen) atoms. The molecule has 0 aromatic carbocycles. The lowest BCUT2D eigenvalue weighted by Crippen LogP contribution is -2.43. The molecule has 0 aromatic heterocycles. The van der Waals surface area contributed by atoms with Crippen LogP contribution in [0.5, 0.6) is 0 Å². The first-order valence-corrected chi connectivity index (χ1v) is 7.36. The molecule has 1 spiro atoms. The molecule has 0 saturated carbocycles. The molecular weight excluding hydrogens is 258 g/mol. The Hall–Kier alpha value is -0.810. The fraction of sp³-hybridized carbons (Fsp3) is 0.933. The maximum absolute atomic E-state index is 12.1. The number of amides is 1. The zero-order valence-corrected chi connectivity index (χ0v) is 13.4. The average Bonchev–Trinajstić information content (AvgIpc) is 2.87. The third kappa shape index (κ3) is 2.93. The monoisotopic (exact) mass is 285 g/mol. The second-order valence-corrected chi connectivity index (χ2v) is 7.13. The predicted octanol–water partition coefficient (Wildman–Crippen LogP) is 2.44. The number of rotatable bonds is 1. The first kappa shape index (κ1) is 15.6. The van der Waals surface area contributed by atoms with E-state index in [4.69, 9.17) is 14.2 Å². The van der Waals surface area contributed by atoms with E-state index in [2.05, 4.69) is 13.8 Å². The molecule has 4 unspecified atom stereocenters. The maximum atomic E-state index is 12.1. The van der Waals surface area contributed by atoms with Crippen LogP contribution < -0.4 is 0 Å². The standard InChI is InChI=1S/C15H27NO4/c1-10-11(2)18-9-15(10)7-12(8-19-15)16(6)13(17)20-14(3,4)5/h10-12H,7-9H2,1-6H3.